The van der Waals surface area contributed by atoms with E-state index >= 15 is 0 Å². The highest BCUT2D eigenvalue weighted by Crippen LogP contribution is 2.11. The third kappa shape index (κ3) is 4.00. The molecule has 84 valence electrons. The zero-order valence-corrected chi connectivity index (χ0v) is 9.31. The summed E-state index contributed by atoms with van der Waals surface area (Å²) in [6.07, 6.45) is 0.155. The maximum absolute atomic E-state index is 9.26. The van der Waals surface area contributed by atoms with Gasteiger partial charge in [-0.2, -0.15) is 0 Å². The van der Waals surface area contributed by atoms with E-state index in [0.717, 1.165) is 12.1 Å². The van der Waals surface area contributed by atoms with E-state index in [-0.39, 0.29) is 18.8 Å². The molecule has 1 rings (SSSR count). The maximum Gasteiger partial charge on any atom is 0.0667 e. The van der Waals surface area contributed by atoms with Gasteiger partial charge >= 0.3 is 0 Å². The fourth-order valence-corrected chi connectivity index (χ4v) is 1.36. The topological polar surface area (TPSA) is 41.5 Å². The van der Waals surface area contributed by atoms with Crippen molar-refractivity contribution in [3.8, 4) is 0 Å². The number of nitrogens with one attached hydrogen (secondary N) is 1. The molecule has 2 N–H and O–H groups in total. The Morgan fingerprint density at radius 2 is 2.00 bits per heavy atom. The van der Waals surface area contributed by atoms with Crippen LogP contribution >= 0.6 is 0 Å². The molecule has 15 heavy (non-hydrogen) atoms. The minimum absolute atomic E-state index is 0.0104. The van der Waals surface area contributed by atoms with Crippen molar-refractivity contribution < 1.29 is 9.84 Å². The number of hydrogen-bond acceptors (Lipinski definition) is 3. The van der Waals surface area contributed by atoms with E-state index in [1.165, 1.54) is 0 Å². The van der Waals surface area contributed by atoms with E-state index in [1.54, 1.807) is 7.11 Å². The molecule has 0 radical (unpaired) electrons. The Morgan fingerprint density at radius 1 is 1.33 bits per heavy atom. The molecular weight excluding hydrogens is 190 g/mol. The lowest BCUT2D eigenvalue weighted by Gasteiger charge is -2.19. The first kappa shape index (κ1) is 12.2. The molecule has 0 aromatic heterocycles. The molecule has 0 aliphatic heterocycles. The number of ether oxygens (including phenoxy) is 1. The molecule has 0 spiro atoms. The number of aliphatic hydroxyl groups is 1. The van der Waals surface area contributed by atoms with Crippen molar-refractivity contribution in [2.45, 2.75) is 19.1 Å². The number of aliphatic hydroxyl groups excluding tert-OH is 1. The van der Waals surface area contributed by atoms with Gasteiger partial charge in [0.1, 0.15) is 0 Å². The van der Waals surface area contributed by atoms with Crippen molar-refractivity contribution in [2.75, 3.05) is 20.3 Å². The van der Waals surface area contributed by atoms with Crippen LogP contribution < -0.4 is 5.32 Å². The SMILES string of the molecule is COC(C)CNC(CO)c1ccccc1. The van der Waals surface area contributed by atoms with Crippen LogP contribution in [0.2, 0.25) is 0 Å². The molecule has 0 amide bonds. The van der Waals surface area contributed by atoms with Gasteiger partial charge in [-0.3, -0.25) is 0 Å². The van der Waals surface area contributed by atoms with Gasteiger partial charge in [0.05, 0.1) is 18.8 Å². The summed E-state index contributed by atoms with van der Waals surface area (Å²) in [5.74, 6) is 0. The summed E-state index contributed by atoms with van der Waals surface area (Å²) >= 11 is 0. The molecule has 0 saturated carbocycles. The van der Waals surface area contributed by atoms with Crippen LogP contribution in [0.5, 0.6) is 0 Å². The average molecular weight is 209 g/mol. The Bertz CT molecular complexity index is 264. The molecule has 0 aliphatic carbocycles. The molecule has 3 nitrogen and oxygen atoms in total. The van der Waals surface area contributed by atoms with Gasteiger partial charge in [-0.25, -0.2) is 0 Å². The molecule has 3 heteroatoms. The number of hydrogen-bond donors (Lipinski definition) is 2. The van der Waals surface area contributed by atoms with Crippen molar-refractivity contribution >= 4 is 0 Å². The summed E-state index contributed by atoms with van der Waals surface area (Å²) in [6, 6.07) is 9.91. The highest BCUT2D eigenvalue weighted by molar-refractivity contribution is 5.18. The molecule has 1 aromatic carbocycles. The summed E-state index contributed by atoms with van der Waals surface area (Å²) in [6.45, 7) is 2.82. The lowest BCUT2D eigenvalue weighted by molar-refractivity contribution is 0.110. The second-order valence-corrected chi connectivity index (χ2v) is 3.60. The van der Waals surface area contributed by atoms with Gasteiger partial charge in [-0.1, -0.05) is 30.3 Å². The molecule has 0 bridgehead atoms. The van der Waals surface area contributed by atoms with Crippen LogP contribution in [-0.2, 0) is 4.74 Å². The number of benzene rings is 1. The minimum Gasteiger partial charge on any atom is -0.394 e. The quantitative estimate of drug-likeness (QED) is 0.743. The highest BCUT2D eigenvalue weighted by Gasteiger charge is 2.10. The summed E-state index contributed by atoms with van der Waals surface area (Å²) < 4.78 is 5.14. The van der Waals surface area contributed by atoms with Crippen molar-refractivity contribution in [3.63, 3.8) is 0 Å². The number of rotatable bonds is 6. The standard InChI is InChI=1S/C12H19NO2/c1-10(15-2)8-13-12(9-14)11-6-4-3-5-7-11/h3-7,10,12-14H,8-9H2,1-2H3. The maximum atomic E-state index is 9.26. The van der Waals surface area contributed by atoms with E-state index in [1.807, 2.05) is 37.3 Å². The third-order valence-electron chi connectivity index (χ3n) is 2.44. The molecule has 0 saturated heterocycles. The Kier molecular flexibility index (Phi) is 5.32. The largest absolute Gasteiger partial charge is 0.394 e. The van der Waals surface area contributed by atoms with Crippen LogP contribution in [0, 0.1) is 0 Å². The second-order valence-electron chi connectivity index (χ2n) is 3.60. The molecular formula is C12H19NO2. The van der Waals surface area contributed by atoms with Gasteiger partial charge in [0.25, 0.3) is 0 Å². The van der Waals surface area contributed by atoms with Gasteiger partial charge in [-0.05, 0) is 12.5 Å². The third-order valence-corrected chi connectivity index (χ3v) is 2.44. The monoisotopic (exact) mass is 209 g/mol. The fourth-order valence-electron chi connectivity index (χ4n) is 1.36. The smallest absolute Gasteiger partial charge is 0.0667 e. The molecule has 2 unspecified atom stereocenters. The minimum atomic E-state index is -0.0104. The summed E-state index contributed by atoms with van der Waals surface area (Å²) in [7, 11) is 1.68. The first-order chi connectivity index (χ1) is 7.27. The van der Waals surface area contributed by atoms with Crippen LogP contribution in [0.15, 0.2) is 30.3 Å². The van der Waals surface area contributed by atoms with E-state index < -0.39 is 0 Å². The van der Waals surface area contributed by atoms with Crippen molar-refractivity contribution in [2.24, 2.45) is 0 Å². The van der Waals surface area contributed by atoms with Crippen LogP contribution in [0.1, 0.15) is 18.5 Å². The van der Waals surface area contributed by atoms with Crippen molar-refractivity contribution in [1.82, 2.24) is 5.32 Å². The van der Waals surface area contributed by atoms with E-state index in [4.69, 9.17) is 4.74 Å². The molecule has 2 atom stereocenters. The second kappa shape index (κ2) is 6.56. The average Bonchev–Trinajstić information content (AvgIpc) is 2.31. The van der Waals surface area contributed by atoms with Gasteiger partial charge in [0.2, 0.25) is 0 Å². The van der Waals surface area contributed by atoms with Crippen LogP contribution in [0.25, 0.3) is 0 Å². The van der Waals surface area contributed by atoms with Crippen LogP contribution in [0.4, 0.5) is 0 Å². The van der Waals surface area contributed by atoms with E-state index in [0.29, 0.717) is 0 Å². The fraction of sp³-hybridized carbons (Fsp3) is 0.500. The Balaban J connectivity index is 2.50. The predicted octanol–water partition coefficient (Wildman–Crippen LogP) is 1.34. The van der Waals surface area contributed by atoms with Gasteiger partial charge in [0, 0.05) is 13.7 Å². The Hall–Kier alpha value is -0.900. The summed E-state index contributed by atoms with van der Waals surface area (Å²) in [5, 5.41) is 12.5. The first-order valence-corrected chi connectivity index (χ1v) is 5.20. The summed E-state index contributed by atoms with van der Waals surface area (Å²) in [4.78, 5) is 0. The lowest BCUT2D eigenvalue weighted by atomic mass is 10.1. The van der Waals surface area contributed by atoms with Gasteiger partial charge in [0.15, 0.2) is 0 Å². The van der Waals surface area contributed by atoms with Crippen LogP contribution in [-0.4, -0.2) is 31.5 Å². The first-order valence-electron chi connectivity index (χ1n) is 5.20. The van der Waals surface area contributed by atoms with Crippen molar-refractivity contribution in [1.29, 1.82) is 0 Å². The van der Waals surface area contributed by atoms with Crippen LogP contribution in [0.3, 0.4) is 0 Å². The Labute approximate surface area is 91.1 Å². The molecule has 0 fully saturated rings. The van der Waals surface area contributed by atoms with E-state index in [2.05, 4.69) is 5.32 Å². The molecule has 0 heterocycles. The summed E-state index contributed by atoms with van der Waals surface area (Å²) in [5.41, 5.74) is 1.10. The normalized spacial score (nSPS) is 14.9. The van der Waals surface area contributed by atoms with Crippen molar-refractivity contribution in [3.05, 3.63) is 35.9 Å². The molecule has 1 aromatic rings. The zero-order chi connectivity index (χ0) is 11.1. The lowest BCUT2D eigenvalue weighted by Crippen LogP contribution is -2.31. The Morgan fingerprint density at radius 3 is 2.53 bits per heavy atom. The zero-order valence-electron chi connectivity index (χ0n) is 9.31. The highest BCUT2D eigenvalue weighted by atomic mass is 16.5. The predicted molar refractivity (Wildman–Crippen MR) is 60.7 cm³/mol. The van der Waals surface area contributed by atoms with Gasteiger partial charge in [-0.15, -0.1) is 0 Å². The van der Waals surface area contributed by atoms with E-state index in [9.17, 15) is 5.11 Å². The molecule has 0 aliphatic rings. The number of methoxy groups -OCH3 is 1. The van der Waals surface area contributed by atoms with Gasteiger partial charge < -0.3 is 15.2 Å².